The van der Waals surface area contributed by atoms with Crippen LogP contribution in [0, 0.1) is 0 Å². The van der Waals surface area contributed by atoms with Crippen molar-refractivity contribution < 1.29 is 43.4 Å². The Morgan fingerprint density at radius 1 is 0.844 bits per heavy atom. The van der Waals surface area contributed by atoms with Crippen molar-refractivity contribution in [2.24, 2.45) is 0 Å². The van der Waals surface area contributed by atoms with E-state index >= 15 is 0 Å². The lowest BCUT2D eigenvalue weighted by atomic mass is 10.2. The Balaban J connectivity index is 4.52. The molecule has 0 aromatic rings. The first-order valence-corrected chi connectivity index (χ1v) is 11.1. The Kier molecular flexibility index (Phi) is 19.9. The van der Waals surface area contributed by atoms with Crippen LogP contribution in [0.1, 0.15) is 52.4 Å². The first kappa shape index (κ1) is 30.2. The zero-order valence-corrected chi connectivity index (χ0v) is 19.9. The van der Waals surface area contributed by atoms with Crippen molar-refractivity contribution in [2.45, 2.75) is 58.5 Å². The molecule has 32 heavy (non-hydrogen) atoms. The smallest absolute Gasteiger partial charge is 0.343 e. The summed E-state index contributed by atoms with van der Waals surface area (Å²) in [6.45, 7) is 7.10. The van der Waals surface area contributed by atoms with E-state index in [1.165, 1.54) is 14.2 Å². The molecule has 0 aliphatic heterocycles. The lowest BCUT2D eigenvalue weighted by molar-refractivity contribution is -0.255. The van der Waals surface area contributed by atoms with Gasteiger partial charge in [0.25, 0.3) is 0 Å². The van der Waals surface area contributed by atoms with E-state index in [1.807, 2.05) is 6.92 Å². The first-order valence-electron chi connectivity index (χ1n) is 11.1. The molecule has 0 spiro atoms. The molecule has 1 amide bonds. The topological polar surface area (TPSA) is 122 Å². The van der Waals surface area contributed by atoms with Crippen LogP contribution in [0.3, 0.4) is 0 Å². The minimum atomic E-state index is -0.541. The van der Waals surface area contributed by atoms with Crippen molar-refractivity contribution in [3.05, 3.63) is 0 Å². The molecule has 1 N–H and O–H groups in total. The first-order chi connectivity index (χ1) is 15.5. The largest absolute Gasteiger partial charge is 0.379 e. The molecule has 0 radical (unpaired) electrons. The van der Waals surface area contributed by atoms with E-state index in [-0.39, 0.29) is 31.3 Å². The summed E-state index contributed by atoms with van der Waals surface area (Å²) >= 11 is 0. The number of unbranched alkanes of at least 4 members (excludes halogenated alkanes) is 1. The summed E-state index contributed by atoms with van der Waals surface area (Å²) in [5, 5.41) is 2.87. The molecule has 0 fully saturated rings. The molecule has 0 bridgehead atoms. The molecule has 0 heterocycles. The zero-order chi connectivity index (χ0) is 24.0. The molecule has 0 aromatic carbocycles. The lowest BCUT2D eigenvalue weighted by Crippen LogP contribution is -2.39. The van der Waals surface area contributed by atoms with Crippen LogP contribution in [0.5, 0.6) is 0 Å². The third kappa shape index (κ3) is 17.8. The van der Waals surface area contributed by atoms with Crippen molar-refractivity contribution in [1.82, 2.24) is 10.2 Å². The van der Waals surface area contributed by atoms with Crippen LogP contribution in [0.2, 0.25) is 0 Å². The maximum absolute atomic E-state index is 12.3. The van der Waals surface area contributed by atoms with Crippen LogP contribution in [-0.4, -0.2) is 89.1 Å². The van der Waals surface area contributed by atoms with Gasteiger partial charge in [-0.05, 0) is 12.8 Å². The average Bonchev–Trinajstić information content (AvgIpc) is 2.77. The van der Waals surface area contributed by atoms with Crippen molar-refractivity contribution in [1.29, 1.82) is 0 Å². The average molecular weight is 465 g/mol. The van der Waals surface area contributed by atoms with E-state index < -0.39 is 11.9 Å². The van der Waals surface area contributed by atoms with Crippen molar-refractivity contribution >= 4 is 17.8 Å². The predicted molar refractivity (Wildman–Crippen MR) is 115 cm³/mol. The summed E-state index contributed by atoms with van der Waals surface area (Å²) < 4.78 is 11.4. The van der Waals surface area contributed by atoms with E-state index in [0.29, 0.717) is 46.0 Å². The zero-order valence-electron chi connectivity index (χ0n) is 19.9. The fourth-order valence-corrected chi connectivity index (χ4v) is 2.60. The fraction of sp³-hybridized carbons (Fsp3) is 0.857. The number of nitrogens with zero attached hydrogens (tertiary/aromatic N) is 1. The fourth-order valence-electron chi connectivity index (χ4n) is 2.60. The highest BCUT2D eigenvalue weighted by Crippen LogP contribution is 2.01. The monoisotopic (exact) mass is 464 g/mol. The van der Waals surface area contributed by atoms with Crippen molar-refractivity contribution in [2.75, 3.05) is 60.2 Å². The van der Waals surface area contributed by atoms with Gasteiger partial charge in [-0.15, -0.1) is 0 Å². The van der Waals surface area contributed by atoms with Crippen molar-refractivity contribution in [3.63, 3.8) is 0 Å². The summed E-state index contributed by atoms with van der Waals surface area (Å²) in [5.74, 6) is -1.24. The minimum Gasteiger partial charge on any atom is -0.379 e. The third-order valence-electron chi connectivity index (χ3n) is 4.30. The van der Waals surface area contributed by atoms with Crippen LogP contribution < -0.4 is 5.32 Å². The van der Waals surface area contributed by atoms with E-state index in [0.717, 1.165) is 19.3 Å². The van der Waals surface area contributed by atoms with Gasteiger partial charge in [0.15, 0.2) is 0 Å². The number of amides is 1. The Labute approximate surface area is 190 Å². The Bertz CT molecular complexity index is 474. The summed E-state index contributed by atoms with van der Waals surface area (Å²) in [4.78, 5) is 54.8. The van der Waals surface area contributed by atoms with Gasteiger partial charge in [0, 0.05) is 45.8 Å². The second kappa shape index (κ2) is 21.1. The van der Waals surface area contributed by atoms with Crippen LogP contribution in [0.4, 0.5) is 0 Å². The van der Waals surface area contributed by atoms with Crippen molar-refractivity contribution in [3.8, 4) is 0 Å². The SMILES string of the molecule is CCCCOC(CNC(=O)CCN(CCC(=O)OOC)CCC(=O)OOC)COCCC. The summed E-state index contributed by atoms with van der Waals surface area (Å²) in [5.41, 5.74) is 0. The molecule has 11 nitrogen and oxygen atoms in total. The van der Waals surface area contributed by atoms with Crippen LogP contribution in [-0.2, 0) is 43.4 Å². The van der Waals surface area contributed by atoms with E-state index in [2.05, 4.69) is 31.8 Å². The second-order valence-electron chi connectivity index (χ2n) is 7.06. The number of carbonyl (C=O) groups excluding carboxylic acids is 3. The Morgan fingerprint density at radius 3 is 1.97 bits per heavy atom. The predicted octanol–water partition coefficient (Wildman–Crippen LogP) is 1.40. The molecule has 0 saturated carbocycles. The number of hydrogen-bond donors (Lipinski definition) is 1. The van der Waals surface area contributed by atoms with Crippen LogP contribution in [0.25, 0.3) is 0 Å². The van der Waals surface area contributed by atoms with E-state index in [4.69, 9.17) is 9.47 Å². The van der Waals surface area contributed by atoms with Crippen LogP contribution >= 0.6 is 0 Å². The minimum absolute atomic E-state index is 0.0525. The normalized spacial score (nSPS) is 11.9. The Hall–Kier alpha value is -1.79. The standard InChI is InChI=1S/C21H40N2O9/c1-5-7-15-30-18(17-29-14-6-2)16-22-19(24)8-11-23(12-9-20(25)31-27-3)13-10-21(26)32-28-4/h18H,5-17H2,1-4H3,(H,22,24). The van der Waals surface area contributed by atoms with Gasteiger partial charge in [-0.25, -0.2) is 9.59 Å². The highest BCUT2D eigenvalue weighted by Gasteiger charge is 2.16. The van der Waals surface area contributed by atoms with Gasteiger partial charge in [0.05, 0.1) is 39.8 Å². The van der Waals surface area contributed by atoms with E-state index in [9.17, 15) is 14.4 Å². The van der Waals surface area contributed by atoms with Gasteiger partial charge in [-0.3, -0.25) is 14.6 Å². The van der Waals surface area contributed by atoms with Gasteiger partial charge in [-0.2, -0.15) is 9.78 Å². The highest BCUT2D eigenvalue weighted by atomic mass is 17.2. The number of ether oxygens (including phenoxy) is 2. The number of rotatable bonds is 21. The molecule has 0 rings (SSSR count). The molecular formula is C21H40N2O9. The maximum atomic E-state index is 12.3. The molecule has 0 aliphatic rings. The maximum Gasteiger partial charge on any atom is 0.343 e. The molecule has 0 aliphatic carbocycles. The molecule has 11 heteroatoms. The van der Waals surface area contributed by atoms with E-state index in [1.54, 1.807) is 4.90 Å². The van der Waals surface area contributed by atoms with Gasteiger partial charge in [-0.1, -0.05) is 20.3 Å². The number of hydrogen-bond acceptors (Lipinski definition) is 10. The molecule has 0 saturated heterocycles. The number of nitrogens with one attached hydrogen (secondary N) is 1. The summed E-state index contributed by atoms with van der Waals surface area (Å²) in [7, 11) is 2.49. The summed E-state index contributed by atoms with van der Waals surface area (Å²) in [6, 6.07) is 0. The number of carbonyl (C=O) groups is 3. The Morgan fingerprint density at radius 2 is 1.44 bits per heavy atom. The molecule has 1 unspecified atom stereocenters. The van der Waals surface area contributed by atoms with Gasteiger partial charge < -0.3 is 19.7 Å². The molecule has 1 atom stereocenters. The third-order valence-corrected chi connectivity index (χ3v) is 4.30. The van der Waals surface area contributed by atoms with Crippen LogP contribution in [0.15, 0.2) is 0 Å². The summed E-state index contributed by atoms with van der Waals surface area (Å²) in [6.07, 6.45) is 2.98. The van der Waals surface area contributed by atoms with Gasteiger partial charge in [0.2, 0.25) is 5.91 Å². The molecule has 0 aromatic heterocycles. The molecule has 188 valence electrons. The quantitative estimate of drug-likeness (QED) is 0.151. The highest BCUT2D eigenvalue weighted by molar-refractivity contribution is 5.76. The second-order valence-corrected chi connectivity index (χ2v) is 7.06. The van der Waals surface area contributed by atoms with Gasteiger partial charge >= 0.3 is 11.9 Å². The molecular weight excluding hydrogens is 424 g/mol. The van der Waals surface area contributed by atoms with Gasteiger partial charge in [0.1, 0.15) is 0 Å². The lowest BCUT2D eigenvalue weighted by Gasteiger charge is -2.22.